The molecule has 0 bridgehead atoms. The smallest absolute Gasteiger partial charge is 0.231 e. The van der Waals surface area contributed by atoms with Gasteiger partial charge in [-0.05, 0) is 24.1 Å². The van der Waals surface area contributed by atoms with Crippen molar-refractivity contribution in [2.24, 2.45) is 0 Å². The highest BCUT2D eigenvalue weighted by atomic mass is 16.1. The van der Waals surface area contributed by atoms with Crippen LogP contribution in [0.3, 0.4) is 0 Å². The third-order valence-corrected chi connectivity index (χ3v) is 4.54. The molecule has 118 valence electrons. The second-order valence-corrected chi connectivity index (χ2v) is 5.87. The standard InChI is InChI=1S/C17H19N5O/c23-13-20-9-11-21(12-10-20)16-5-7-18-17(19-16)22-8-6-14-3-1-2-4-15(14)22/h1-5,7,13H,6,8-12H2. The zero-order chi connectivity index (χ0) is 15.6. The molecule has 4 rings (SSSR count). The van der Waals surface area contributed by atoms with Crippen molar-refractivity contribution in [3.8, 4) is 0 Å². The number of amides is 1. The van der Waals surface area contributed by atoms with Gasteiger partial charge in [0.1, 0.15) is 5.82 Å². The third kappa shape index (κ3) is 2.60. The summed E-state index contributed by atoms with van der Waals surface area (Å²) in [6.45, 7) is 4.03. The van der Waals surface area contributed by atoms with Crippen LogP contribution in [0.1, 0.15) is 5.56 Å². The molecule has 0 atom stereocenters. The first kappa shape index (κ1) is 14.0. The van der Waals surface area contributed by atoms with Crippen molar-refractivity contribution in [2.45, 2.75) is 6.42 Å². The Kier molecular flexibility index (Phi) is 3.57. The molecule has 0 radical (unpaired) electrons. The minimum absolute atomic E-state index is 0.745. The van der Waals surface area contributed by atoms with Crippen LogP contribution in [0.25, 0.3) is 0 Å². The van der Waals surface area contributed by atoms with Gasteiger partial charge in [-0.3, -0.25) is 4.79 Å². The molecule has 1 aromatic carbocycles. The van der Waals surface area contributed by atoms with Gasteiger partial charge in [-0.1, -0.05) is 18.2 Å². The van der Waals surface area contributed by atoms with Gasteiger partial charge >= 0.3 is 0 Å². The second kappa shape index (κ2) is 5.87. The minimum atomic E-state index is 0.745. The number of carbonyl (C=O) groups excluding carboxylic acids is 1. The fraction of sp³-hybridized carbons (Fsp3) is 0.353. The highest BCUT2D eigenvalue weighted by Crippen LogP contribution is 2.32. The molecule has 1 aromatic heterocycles. The molecule has 0 unspecified atom stereocenters. The summed E-state index contributed by atoms with van der Waals surface area (Å²) < 4.78 is 0. The normalized spacial score (nSPS) is 17.3. The molecule has 1 saturated heterocycles. The number of piperazine rings is 1. The lowest BCUT2D eigenvalue weighted by Gasteiger charge is -2.33. The van der Waals surface area contributed by atoms with E-state index in [0.717, 1.165) is 57.3 Å². The number of aromatic nitrogens is 2. The number of benzene rings is 1. The number of para-hydroxylation sites is 1. The molecule has 0 N–H and O–H groups in total. The second-order valence-electron chi connectivity index (χ2n) is 5.87. The Hall–Kier alpha value is -2.63. The number of hydrogen-bond donors (Lipinski definition) is 0. The van der Waals surface area contributed by atoms with Crippen LogP contribution in [-0.2, 0) is 11.2 Å². The number of hydrogen-bond acceptors (Lipinski definition) is 5. The Labute approximate surface area is 135 Å². The van der Waals surface area contributed by atoms with E-state index < -0.39 is 0 Å². The summed E-state index contributed by atoms with van der Waals surface area (Å²) in [6, 6.07) is 10.4. The van der Waals surface area contributed by atoms with E-state index in [0.29, 0.717) is 0 Å². The average molecular weight is 309 g/mol. The number of rotatable bonds is 3. The molecule has 0 spiro atoms. The average Bonchev–Trinajstić information content (AvgIpc) is 3.06. The van der Waals surface area contributed by atoms with Crippen LogP contribution >= 0.6 is 0 Å². The summed E-state index contributed by atoms with van der Waals surface area (Å²) in [4.78, 5) is 26.3. The lowest BCUT2D eigenvalue weighted by Crippen LogP contribution is -2.46. The monoisotopic (exact) mass is 309 g/mol. The van der Waals surface area contributed by atoms with Crippen molar-refractivity contribution in [3.63, 3.8) is 0 Å². The van der Waals surface area contributed by atoms with Gasteiger partial charge in [-0.15, -0.1) is 0 Å². The maximum atomic E-state index is 10.8. The summed E-state index contributed by atoms with van der Waals surface area (Å²) in [5, 5.41) is 0. The highest BCUT2D eigenvalue weighted by molar-refractivity contribution is 5.66. The summed E-state index contributed by atoms with van der Waals surface area (Å²) in [6.07, 6.45) is 3.77. The fourth-order valence-electron chi connectivity index (χ4n) is 3.25. The Morgan fingerprint density at radius 3 is 2.65 bits per heavy atom. The van der Waals surface area contributed by atoms with Gasteiger partial charge in [0.25, 0.3) is 0 Å². The molecule has 3 heterocycles. The Balaban J connectivity index is 1.57. The van der Waals surface area contributed by atoms with Crippen molar-refractivity contribution in [3.05, 3.63) is 42.1 Å². The summed E-state index contributed by atoms with van der Waals surface area (Å²) in [5.41, 5.74) is 2.55. The first-order chi connectivity index (χ1) is 11.3. The predicted molar refractivity (Wildman–Crippen MR) is 89.0 cm³/mol. The van der Waals surface area contributed by atoms with Gasteiger partial charge in [0.2, 0.25) is 12.4 Å². The molecule has 6 nitrogen and oxygen atoms in total. The van der Waals surface area contributed by atoms with Crippen molar-refractivity contribution >= 4 is 23.9 Å². The van der Waals surface area contributed by atoms with Crippen LogP contribution in [0.15, 0.2) is 36.5 Å². The van der Waals surface area contributed by atoms with Crippen LogP contribution in [-0.4, -0.2) is 54.0 Å². The molecule has 23 heavy (non-hydrogen) atoms. The van der Waals surface area contributed by atoms with Crippen LogP contribution in [0, 0.1) is 0 Å². The van der Waals surface area contributed by atoms with Crippen molar-refractivity contribution in [1.82, 2.24) is 14.9 Å². The van der Waals surface area contributed by atoms with Gasteiger partial charge < -0.3 is 14.7 Å². The molecule has 0 saturated carbocycles. The Morgan fingerprint density at radius 2 is 1.83 bits per heavy atom. The summed E-state index contributed by atoms with van der Waals surface area (Å²) in [7, 11) is 0. The van der Waals surface area contributed by atoms with E-state index in [-0.39, 0.29) is 0 Å². The van der Waals surface area contributed by atoms with Gasteiger partial charge in [0.15, 0.2) is 0 Å². The molecule has 6 heteroatoms. The van der Waals surface area contributed by atoms with Crippen molar-refractivity contribution in [2.75, 3.05) is 42.5 Å². The van der Waals surface area contributed by atoms with E-state index in [2.05, 4.69) is 39.0 Å². The van der Waals surface area contributed by atoms with Crippen molar-refractivity contribution < 1.29 is 4.79 Å². The van der Waals surface area contributed by atoms with Crippen LogP contribution in [0.4, 0.5) is 17.5 Å². The third-order valence-electron chi connectivity index (χ3n) is 4.54. The summed E-state index contributed by atoms with van der Waals surface area (Å²) >= 11 is 0. The van der Waals surface area contributed by atoms with Gasteiger partial charge in [-0.25, -0.2) is 4.98 Å². The van der Waals surface area contributed by atoms with E-state index in [1.807, 2.05) is 12.3 Å². The number of fused-ring (bicyclic) bond motifs is 1. The number of carbonyl (C=O) groups is 1. The van der Waals surface area contributed by atoms with Gasteiger partial charge in [0, 0.05) is 44.6 Å². The zero-order valence-corrected chi connectivity index (χ0v) is 12.9. The van der Waals surface area contributed by atoms with Crippen LogP contribution < -0.4 is 9.80 Å². The Morgan fingerprint density at radius 1 is 1.00 bits per heavy atom. The predicted octanol–water partition coefficient (Wildman–Crippen LogP) is 1.45. The van der Waals surface area contributed by atoms with Crippen LogP contribution in [0.2, 0.25) is 0 Å². The topological polar surface area (TPSA) is 52.6 Å². The van der Waals surface area contributed by atoms with E-state index in [1.165, 1.54) is 11.3 Å². The highest BCUT2D eigenvalue weighted by Gasteiger charge is 2.23. The van der Waals surface area contributed by atoms with E-state index >= 15 is 0 Å². The Bertz CT molecular complexity index is 712. The lowest BCUT2D eigenvalue weighted by atomic mass is 10.2. The van der Waals surface area contributed by atoms with Gasteiger partial charge in [0.05, 0.1) is 0 Å². The molecule has 0 aliphatic carbocycles. The maximum absolute atomic E-state index is 10.8. The fourth-order valence-corrected chi connectivity index (χ4v) is 3.25. The number of anilines is 3. The first-order valence-corrected chi connectivity index (χ1v) is 7.98. The number of nitrogens with zero attached hydrogens (tertiary/aromatic N) is 5. The molecule has 2 aliphatic rings. The zero-order valence-electron chi connectivity index (χ0n) is 12.9. The summed E-state index contributed by atoms with van der Waals surface area (Å²) in [5.74, 6) is 1.69. The van der Waals surface area contributed by atoms with Gasteiger partial charge in [-0.2, -0.15) is 4.98 Å². The van der Waals surface area contributed by atoms with E-state index in [1.54, 1.807) is 4.90 Å². The maximum Gasteiger partial charge on any atom is 0.231 e. The SMILES string of the molecule is O=CN1CCN(c2ccnc(N3CCc4ccccc43)n2)CC1. The minimum Gasteiger partial charge on any atom is -0.353 e. The molecule has 1 fully saturated rings. The largest absolute Gasteiger partial charge is 0.353 e. The van der Waals surface area contributed by atoms with E-state index in [4.69, 9.17) is 4.98 Å². The molecule has 2 aliphatic heterocycles. The van der Waals surface area contributed by atoms with Crippen LogP contribution in [0.5, 0.6) is 0 Å². The van der Waals surface area contributed by atoms with E-state index in [9.17, 15) is 4.79 Å². The molecule has 1 amide bonds. The molecule has 2 aromatic rings. The lowest BCUT2D eigenvalue weighted by molar-refractivity contribution is -0.118. The molecular formula is C17H19N5O. The first-order valence-electron chi connectivity index (χ1n) is 7.98. The van der Waals surface area contributed by atoms with Crippen molar-refractivity contribution in [1.29, 1.82) is 0 Å². The molecular weight excluding hydrogens is 290 g/mol. The quantitative estimate of drug-likeness (QED) is 0.803.